The molecule has 3 heterocycles. The third-order valence-electron chi connectivity index (χ3n) is 4.79. The Bertz CT molecular complexity index is 1120. The van der Waals surface area contributed by atoms with Crippen LogP contribution in [0.25, 0.3) is 9.88 Å². The van der Waals surface area contributed by atoms with E-state index in [-0.39, 0.29) is 22.4 Å². The summed E-state index contributed by atoms with van der Waals surface area (Å²) in [6.45, 7) is 3.38. The van der Waals surface area contributed by atoms with Crippen molar-refractivity contribution in [3.63, 3.8) is 0 Å². The maximum Gasteiger partial charge on any atom is 0.265 e. The molecular weight excluding hydrogens is 468 g/mol. The summed E-state index contributed by atoms with van der Waals surface area (Å²) in [4.78, 5) is 35.1. The quantitative estimate of drug-likeness (QED) is 0.512. The highest BCUT2D eigenvalue weighted by atomic mass is 35.5. The van der Waals surface area contributed by atoms with Gasteiger partial charge in [0.25, 0.3) is 11.8 Å². The number of rotatable bonds is 3. The average molecular weight is 484 g/mol. The molecule has 1 aliphatic rings. The Morgan fingerprint density at radius 3 is 2.27 bits per heavy atom. The summed E-state index contributed by atoms with van der Waals surface area (Å²) < 4.78 is 13.9. The van der Waals surface area contributed by atoms with Crippen molar-refractivity contribution in [3.05, 3.63) is 61.6 Å². The topological polar surface area (TPSA) is 53.5 Å². The van der Waals surface area contributed by atoms with Crippen molar-refractivity contribution in [2.24, 2.45) is 0 Å². The van der Waals surface area contributed by atoms with Gasteiger partial charge in [-0.2, -0.15) is 0 Å². The maximum atomic E-state index is 13.2. The zero-order valence-electron chi connectivity index (χ0n) is 15.8. The highest BCUT2D eigenvalue weighted by Crippen LogP contribution is 2.35. The molecule has 0 bridgehead atoms. The molecule has 0 atom stereocenters. The van der Waals surface area contributed by atoms with Gasteiger partial charge in [-0.3, -0.25) is 9.59 Å². The van der Waals surface area contributed by atoms with E-state index in [2.05, 4.69) is 4.98 Å². The first-order valence-electron chi connectivity index (χ1n) is 9.10. The molecule has 1 fully saturated rings. The molecule has 2 amide bonds. The van der Waals surface area contributed by atoms with E-state index in [0.717, 1.165) is 16.0 Å². The number of benzene rings is 1. The summed E-state index contributed by atoms with van der Waals surface area (Å²) in [6.07, 6.45) is 0. The second-order valence-electron chi connectivity index (χ2n) is 6.75. The number of amides is 2. The Hall–Kier alpha value is -2.00. The first-order valence-corrected chi connectivity index (χ1v) is 11.5. The van der Waals surface area contributed by atoms with Crippen molar-refractivity contribution in [2.75, 3.05) is 26.2 Å². The number of halogens is 3. The molecule has 3 aromatic rings. The molecule has 156 valence electrons. The Kier molecular flexibility index (Phi) is 6.11. The minimum Gasteiger partial charge on any atom is -0.335 e. The van der Waals surface area contributed by atoms with Gasteiger partial charge in [0.1, 0.15) is 15.7 Å². The van der Waals surface area contributed by atoms with Crippen LogP contribution >= 0.6 is 45.9 Å². The van der Waals surface area contributed by atoms with Crippen LogP contribution in [-0.2, 0) is 0 Å². The SMILES string of the molecule is Cc1nc(-c2ccc(Cl)s2)sc1C(=O)N1CCN(C(=O)c2ccc(F)cc2Cl)CC1. The van der Waals surface area contributed by atoms with E-state index in [1.165, 1.54) is 34.8 Å². The minimum absolute atomic E-state index is 0.0833. The van der Waals surface area contributed by atoms with Gasteiger partial charge in [-0.05, 0) is 37.3 Å². The standard InChI is InChI=1S/C20H16Cl2FN3O2S2/c1-11-17(30-18(24-11)15-4-5-16(22)29-15)20(28)26-8-6-25(7-9-26)19(27)13-3-2-12(23)10-14(13)21/h2-5,10H,6-9H2,1H3. The summed E-state index contributed by atoms with van der Waals surface area (Å²) in [5.74, 6) is -0.847. The van der Waals surface area contributed by atoms with Crippen molar-refractivity contribution < 1.29 is 14.0 Å². The Balaban J connectivity index is 1.43. The fourth-order valence-electron chi connectivity index (χ4n) is 3.22. The van der Waals surface area contributed by atoms with Gasteiger partial charge < -0.3 is 9.80 Å². The lowest BCUT2D eigenvalue weighted by molar-refractivity contribution is 0.0537. The van der Waals surface area contributed by atoms with Gasteiger partial charge in [-0.1, -0.05) is 23.2 Å². The lowest BCUT2D eigenvalue weighted by atomic mass is 10.1. The first kappa shape index (κ1) is 21.2. The van der Waals surface area contributed by atoms with Gasteiger partial charge >= 0.3 is 0 Å². The highest BCUT2D eigenvalue weighted by molar-refractivity contribution is 7.24. The average Bonchev–Trinajstić information content (AvgIpc) is 3.33. The first-order chi connectivity index (χ1) is 14.3. The van der Waals surface area contributed by atoms with E-state index >= 15 is 0 Å². The summed E-state index contributed by atoms with van der Waals surface area (Å²) >= 11 is 14.8. The molecule has 1 aromatic carbocycles. The fraction of sp³-hybridized carbons (Fsp3) is 0.250. The number of carbonyl (C=O) groups is 2. The molecule has 0 spiro atoms. The van der Waals surface area contributed by atoms with Crippen LogP contribution < -0.4 is 0 Å². The molecular formula is C20H16Cl2FN3O2S2. The van der Waals surface area contributed by atoms with Crippen LogP contribution in [0, 0.1) is 12.7 Å². The van der Waals surface area contributed by atoms with Gasteiger partial charge in [0.2, 0.25) is 0 Å². The van der Waals surface area contributed by atoms with Crippen LogP contribution in [-0.4, -0.2) is 52.8 Å². The molecule has 4 rings (SSSR count). The van der Waals surface area contributed by atoms with E-state index < -0.39 is 5.82 Å². The Morgan fingerprint density at radius 1 is 1.00 bits per heavy atom. The lowest BCUT2D eigenvalue weighted by Gasteiger charge is -2.34. The Morgan fingerprint density at radius 2 is 1.67 bits per heavy atom. The molecule has 2 aromatic heterocycles. The molecule has 10 heteroatoms. The molecule has 5 nitrogen and oxygen atoms in total. The number of carbonyl (C=O) groups excluding carboxylic acids is 2. The van der Waals surface area contributed by atoms with Crippen molar-refractivity contribution in [2.45, 2.75) is 6.92 Å². The molecule has 1 saturated heterocycles. The summed E-state index contributed by atoms with van der Waals surface area (Å²) in [5.41, 5.74) is 0.941. The largest absolute Gasteiger partial charge is 0.335 e. The minimum atomic E-state index is -0.490. The number of aromatic nitrogens is 1. The Labute approximate surface area is 190 Å². The van der Waals surface area contributed by atoms with Crippen LogP contribution in [0.5, 0.6) is 0 Å². The molecule has 30 heavy (non-hydrogen) atoms. The third-order valence-corrected chi connectivity index (χ3v) is 7.65. The van der Waals surface area contributed by atoms with E-state index in [9.17, 15) is 14.0 Å². The normalized spacial score (nSPS) is 14.3. The maximum absolute atomic E-state index is 13.2. The van der Waals surface area contributed by atoms with Crippen molar-refractivity contribution in [1.29, 1.82) is 0 Å². The molecule has 0 saturated carbocycles. The summed E-state index contributed by atoms with van der Waals surface area (Å²) in [6, 6.07) is 7.42. The second-order valence-corrected chi connectivity index (χ2v) is 9.87. The van der Waals surface area contributed by atoms with Crippen molar-refractivity contribution >= 4 is 57.7 Å². The number of piperazine rings is 1. The lowest BCUT2D eigenvalue weighted by Crippen LogP contribution is -2.50. The van der Waals surface area contributed by atoms with E-state index in [1.807, 2.05) is 19.1 Å². The molecule has 0 unspecified atom stereocenters. The number of thiophene rings is 1. The zero-order chi connectivity index (χ0) is 21.4. The summed E-state index contributed by atoms with van der Waals surface area (Å²) in [7, 11) is 0. The van der Waals surface area contributed by atoms with Crippen molar-refractivity contribution in [3.8, 4) is 9.88 Å². The van der Waals surface area contributed by atoms with Gasteiger partial charge in [0.05, 0.1) is 25.5 Å². The van der Waals surface area contributed by atoms with Gasteiger partial charge in [0.15, 0.2) is 0 Å². The zero-order valence-corrected chi connectivity index (χ0v) is 19.0. The fourth-order valence-corrected chi connectivity index (χ4v) is 5.60. The molecule has 0 aliphatic carbocycles. The van der Waals surface area contributed by atoms with Gasteiger partial charge in [-0.25, -0.2) is 9.37 Å². The van der Waals surface area contributed by atoms with E-state index in [1.54, 1.807) is 9.80 Å². The van der Waals surface area contributed by atoms with Crippen molar-refractivity contribution in [1.82, 2.24) is 14.8 Å². The second kappa shape index (κ2) is 8.63. The number of hydrogen-bond acceptors (Lipinski definition) is 5. The van der Waals surface area contributed by atoms with E-state index in [4.69, 9.17) is 23.2 Å². The predicted octanol–water partition coefficient (Wildman–Crippen LogP) is 5.22. The number of hydrogen-bond donors (Lipinski definition) is 0. The van der Waals surface area contributed by atoms with Crippen LogP contribution in [0.4, 0.5) is 4.39 Å². The number of thiazole rings is 1. The van der Waals surface area contributed by atoms with Gasteiger partial charge in [0, 0.05) is 26.2 Å². The molecule has 0 radical (unpaired) electrons. The van der Waals surface area contributed by atoms with Crippen LogP contribution in [0.2, 0.25) is 9.36 Å². The number of aryl methyl sites for hydroxylation is 1. The monoisotopic (exact) mass is 483 g/mol. The van der Waals surface area contributed by atoms with E-state index in [0.29, 0.717) is 41.1 Å². The number of nitrogens with zero attached hydrogens (tertiary/aromatic N) is 3. The molecule has 0 N–H and O–H groups in total. The van der Waals surface area contributed by atoms with Gasteiger partial charge in [-0.15, -0.1) is 22.7 Å². The van der Waals surface area contributed by atoms with Crippen LogP contribution in [0.15, 0.2) is 30.3 Å². The third kappa shape index (κ3) is 4.23. The predicted molar refractivity (Wildman–Crippen MR) is 118 cm³/mol. The highest BCUT2D eigenvalue weighted by Gasteiger charge is 2.28. The van der Waals surface area contributed by atoms with Crippen LogP contribution in [0.3, 0.4) is 0 Å². The molecule has 1 aliphatic heterocycles. The smallest absolute Gasteiger partial charge is 0.265 e. The van der Waals surface area contributed by atoms with Crippen LogP contribution in [0.1, 0.15) is 25.7 Å². The summed E-state index contributed by atoms with van der Waals surface area (Å²) in [5, 5.41) is 0.854.